The molecular weight excluding hydrogens is 409 g/mol. The van der Waals surface area contributed by atoms with Crippen molar-refractivity contribution >= 4 is 59.5 Å². The third-order valence-electron chi connectivity index (χ3n) is 4.75. The average molecular weight is 432 g/mol. The molecule has 3 aromatic rings. The van der Waals surface area contributed by atoms with Crippen molar-refractivity contribution in [3.05, 3.63) is 65.9 Å². The third-order valence-corrected chi connectivity index (χ3v) is 4.75. The van der Waals surface area contributed by atoms with Crippen LogP contribution in [0.5, 0.6) is 5.75 Å². The molecule has 1 aromatic heterocycles. The Morgan fingerprint density at radius 3 is 2.69 bits per heavy atom. The molecule has 0 aliphatic carbocycles. The second kappa shape index (κ2) is 10.3. The minimum atomic E-state index is -0.118. The lowest BCUT2D eigenvalue weighted by atomic mass is 10.1. The number of benzene rings is 2. The Morgan fingerprint density at radius 1 is 1.07 bits per heavy atom. The normalized spacial score (nSPS) is 15.7. The molecule has 29 heavy (non-hydrogen) atoms. The first-order valence-corrected chi connectivity index (χ1v) is 9.11. The first kappa shape index (κ1) is 22.7. The molecule has 1 amide bonds. The fourth-order valence-corrected chi connectivity index (χ4v) is 3.30. The number of pyridine rings is 1. The standard InChI is InChI=1S/C22H21N3O2.2ClH/c26-20-9-3-6-16-11-13-17(24-21(16)20)12-10-15-5-1-2-7-18(15)25-22(27)19-8-4-14-23-19;;/h1-3,5-7,9-13,19,23,26H,4,8,14H2,(H,25,27);2*1H/t19-;;/m0../s1. The van der Waals surface area contributed by atoms with Crippen LogP contribution in [-0.4, -0.2) is 28.6 Å². The molecule has 1 aliphatic rings. The highest BCUT2D eigenvalue weighted by Crippen LogP contribution is 2.24. The predicted molar refractivity (Wildman–Crippen MR) is 123 cm³/mol. The summed E-state index contributed by atoms with van der Waals surface area (Å²) < 4.78 is 0. The molecule has 0 spiro atoms. The van der Waals surface area contributed by atoms with Gasteiger partial charge < -0.3 is 15.7 Å². The van der Waals surface area contributed by atoms with Gasteiger partial charge in [0.25, 0.3) is 0 Å². The largest absolute Gasteiger partial charge is 0.506 e. The molecule has 2 heterocycles. The highest BCUT2D eigenvalue weighted by atomic mass is 35.5. The van der Waals surface area contributed by atoms with Crippen LogP contribution in [0.15, 0.2) is 54.6 Å². The Morgan fingerprint density at radius 2 is 1.90 bits per heavy atom. The van der Waals surface area contributed by atoms with E-state index < -0.39 is 0 Å². The van der Waals surface area contributed by atoms with Crippen LogP contribution in [0.3, 0.4) is 0 Å². The zero-order chi connectivity index (χ0) is 18.6. The van der Waals surface area contributed by atoms with Crippen LogP contribution in [0.4, 0.5) is 5.69 Å². The van der Waals surface area contributed by atoms with Crippen molar-refractivity contribution in [3.63, 3.8) is 0 Å². The number of hydrogen-bond acceptors (Lipinski definition) is 4. The van der Waals surface area contributed by atoms with Gasteiger partial charge in [-0.25, -0.2) is 4.98 Å². The number of nitrogens with one attached hydrogen (secondary N) is 2. The highest BCUT2D eigenvalue weighted by Gasteiger charge is 2.22. The lowest BCUT2D eigenvalue weighted by Gasteiger charge is -2.13. The number of hydrogen-bond donors (Lipinski definition) is 3. The summed E-state index contributed by atoms with van der Waals surface area (Å²) in [5.74, 6) is 0.168. The van der Waals surface area contributed by atoms with E-state index in [0.29, 0.717) is 5.52 Å². The van der Waals surface area contributed by atoms with Gasteiger partial charge in [0, 0.05) is 11.1 Å². The SMILES string of the molecule is Cl.Cl.O=C(Nc1ccccc1C=Cc1ccc2cccc(O)c2n1)[C@@H]1CCCN1. The van der Waals surface area contributed by atoms with Crippen molar-refractivity contribution in [1.29, 1.82) is 0 Å². The maximum atomic E-state index is 12.4. The van der Waals surface area contributed by atoms with Crippen LogP contribution in [0.2, 0.25) is 0 Å². The number of halogens is 2. The molecule has 0 radical (unpaired) electrons. The number of carbonyl (C=O) groups excluding carboxylic acids is 1. The summed E-state index contributed by atoms with van der Waals surface area (Å²) >= 11 is 0. The van der Waals surface area contributed by atoms with Gasteiger partial charge in [0.05, 0.1) is 11.7 Å². The lowest BCUT2D eigenvalue weighted by molar-refractivity contribution is -0.117. The molecule has 1 saturated heterocycles. The van der Waals surface area contributed by atoms with E-state index in [0.717, 1.165) is 41.7 Å². The van der Waals surface area contributed by atoms with Gasteiger partial charge in [0.1, 0.15) is 11.3 Å². The van der Waals surface area contributed by atoms with E-state index in [4.69, 9.17) is 0 Å². The number of anilines is 1. The molecule has 4 rings (SSSR count). The number of para-hydroxylation sites is 2. The molecule has 1 fully saturated rings. The molecule has 0 unspecified atom stereocenters. The van der Waals surface area contributed by atoms with E-state index >= 15 is 0 Å². The number of amides is 1. The van der Waals surface area contributed by atoms with Crippen LogP contribution in [0.1, 0.15) is 24.1 Å². The van der Waals surface area contributed by atoms with Crippen molar-refractivity contribution in [3.8, 4) is 5.75 Å². The Labute approximate surface area is 182 Å². The van der Waals surface area contributed by atoms with Gasteiger partial charge in [0.2, 0.25) is 5.91 Å². The number of phenols is 1. The number of aromatic nitrogens is 1. The van der Waals surface area contributed by atoms with Gasteiger partial charge in [-0.1, -0.05) is 42.5 Å². The maximum Gasteiger partial charge on any atom is 0.241 e. The van der Waals surface area contributed by atoms with Crippen LogP contribution in [0.25, 0.3) is 23.1 Å². The molecular formula is C22H23Cl2N3O2. The molecule has 0 bridgehead atoms. The van der Waals surface area contributed by atoms with Crippen molar-refractivity contribution in [2.24, 2.45) is 0 Å². The molecule has 2 aromatic carbocycles. The third kappa shape index (κ3) is 5.26. The predicted octanol–water partition coefficient (Wildman–Crippen LogP) is 4.64. The van der Waals surface area contributed by atoms with Gasteiger partial charge in [-0.15, -0.1) is 24.8 Å². The fourth-order valence-electron chi connectivity index (χ4n) is 3.30. The summed E-state index contributed by atoms with van der Waals surface area (Å²) in [6, 6.07) is 16.7. The van der Waals surface area contributed by atoms with Crippen molar-refractivity contribution in [1.82, 2.24) is 10.3 Å². The summed E-state index contributed by atoms with van der Waals surface area (Å²) in [6.45, 7) is 0.889. The second-order valence-electron chi connectivity index (χ2n) is 6.64. The average Bonchev–Trinajstić information content (AvgIpc) is 3.23. The smallest absolute Gasteiger partial charge is 0.241 e. The topological polar surface area (TPSA) is 74.2 Å². The van der Waals surface area contributed by atoms with Gasteiger partial charge in [0.15, 0.2) is 0 Å². The molecule has 0 saturated carbocycles. The van der Waals surface area contributed by atoms with Crippen LogP contribution in [0, 0.1) is 0 Å². The Kier molecular flexibility index (Phi) is 8.02. The Bertz CT molecular complexity index is 1020. The van der Waals surface area contributed by atoms with Crippen molar-refractivity contribution in [2.75, 3.05) is 11.9 Å². The zero-order valence-electron chi connectivity index (χ0n) is 15.7. The van der Waals surface area contributed by atoms with Crippen LogP contribution in [-0.2, 0) is 4.79 Å². The minimum Gasteiger partial charge on any atom is -0.506 e. The monoisotopic (exact) mass is 431 g/mol. The van der Waals surface area contributed by atoms with E-state index in [1.807, 2.05) is 54.6 Å². The van der Waals surface area contributed by atoms with Gasteiger partial charge >= 0.3 is 0 Å². The first-order valence-electron chi connectivity index (χ1n) is 9.11. The minimum absolute atomic E-state index is 0. The van der Waals surface area contributed by atoms with Crippen molar-refractivity contribution in [2.45, 2.75) is 18.9 Å². The maximum absolute atomic E-state index is 12.4. The summed E-state index contributed by atoms with van der Waals surface area (Å²) in [7, 11) is 0. The van der Waals surface area contributed by atoms with E-state index in [2.05, 4.69) is 15.6 Å². The summed E-state index contributed by atoms with van der Waals surface area (Å²) in [4.78, 5) is 16.9. The zero-order valence-corrected chi connectivity index (χ0v) is 17.3. The Hall–Kier alpha value is -2.60. The van der Waals surface area contributed by atoms with Crippen LogP contribution >= 0.6 is 24.8 Å². The Balaban J connectivity index is 0.00000150. The first-order chi connectivity index (χ1) is 13.2. The van der Waals surface area contributed by atoms with E-state index in [-0.39, 0.29) is 42.5 Å². The number of rotatable bonds is 4. The summed E-state index contributed by atoms with van der Waals surface area (Å²) in [5, 5.41) is 17.1. The highest BCUT2D eigenvalue weighted by molar-refractivity contribution is 5.97. The van der Waals surface area contributed by atoms with E-state index in [1.165, 1.54) is 0 Å². The summed E-state index contributed by atoms with van der Waals surface area (Å²) in [6.07, 6.45) is 5.70. The number of fused-ring (bicyclic) bond motifs is 1. The number of carbonyl (C=O) groups is 1. The lowest BCUT2D eigenvalue weighted by Crippen LogP contribution is -2.35. The van der Waals surface area contributed by atoms with Gasteiger partial charge in [-0.3, -0.25) is 4.79 Å². The molecule has 7 heteroatoms. The summed E-state index contributed by atoms with van der Waals surface area (Å²) in [5.41, 5.74) is 3.00. The van der Waals surface area contributed by atoms with E-state index in [1.54, 1.807) is 12.1 Å². The van der Waals surface area contributed by atoms with Crippen LogP contribution < -0.4 is 10.6 Å². The van der Waals surface area contributed by atoms with Crippen molar-refractivity contribution < 1.29 is 9.90 Å². The van der Waals surface area contributed by atoms with E-state index in [9.17, 15) is 9.90 Å². The number of aromatic hydroxyl groups is 1. The molecule has 1 atom stereocenters. The van der Waals surface area contributed by atoms with Gasteiger partial charge in [-0.2, -0.15) is 0 Å². The number of nitrogens with zero attached hydrogens (tertiary/aromatic N) is 1. The quantitative estimate of drug-likeness (QED) is 0.562. The molecule has 3 N–H and O–H groups in total. The molecule has 1 aliphatic heterocycles. The molecule has 152 valence electrons. The number of phenolic OH excluding ortho intramolecular Hbond substituents is 1. The molecule has 5 nitrogen and oxygen atoms in total. The van der Waals surface area contributed by atoms with Gasteiger partial charge in [-0.05, 0) is 49.2 Å². The fraction of sp³-hybridized carbons (Fsp3) is 0.182. The second-order valence-corrected chi connectivity index (χ2v) is 6.64.